The van der Waals surface area contributed by atoms with Crippen molar-refractivity contribution >= 4 is 0 Å². The first-order valence-corrected chi connectivity index (χ1v) is 8.02. The molecule has 0 bridgehead atoms. The maximum atomic E-state index is 5.77. The topological polar surface area (TPSA) is 24.5 Å². The van der Waals surface area contributed by atoms with Crippen molar-refractivity contribution in [2.75, 3.05) is 32.8 Å². The van der Waals surface area contributed by atoms with Crippen LogP contribution in [-0.4, -0.2) is 49.3 Å². The largest absolute Gasteiger partial charge is 0.380 e. The van der Waals surface area contributed by atoms with Crippen LogP contribution in [0.15, 0.2) is 0 Å². The van der Waals surface area contributed by atoms with Gasteiger partial charge < -0.3 is 10.1 Å². The number of hydrogen-bond donors (Lipinski definition) is 1. The minimum atomic E-state index is 0.256. The Hall–Kier alpha value is -0.120. The van der Waals surface area contributed by atoms with Crippen LogP contribution in [0.1, 0.15) is 53.9 Å². The minimum absolute atomic E-state index is 0.256. The molecule has 0 aromatic carbocycles. The third-order valence-electron chi connectivity index (χ3n) is 4.10. The van der Waals surface area contributed by atoms with Gasteiger partial charge in [0.1, 0.15) is 0 Å². The van der Waals surface area contributed by atoms with Gasteiger partial charge >= 0.3 is 0 Å². The van der Waals surface area contributed by atoms with E-state index in [1.807, 2.05) is 0 Å². The van der Waals surface area contributed by atoms with Crippen molar-refractivity contribution < 1.29 is 4.74 Å². The highest BCUT2D eigenvalue weighted by molar-refractivity contribution is 4.92. The summed E-state index contributed by atoms with van der Waals surface area (Å²) in [7, 11) is 0. The molecule has 0 spiro atoms. The molecular weight excluding hydrogens is 236 g/mol. The molecule has 1 rings (SSSR count). The fourth-order valence-electron chi connectivity index (χ4n) is 2.62. The van der Waals surface area contributed by atoms with E-state index in [1.165, 1.54) is 19.3 Å². The molecule has 0 radical (unpaired) electrons. The first-order chi connectivity index (χ1) is 8.95. The van der Waals surface area contributed by atoms with Gasteiger partial charge in [0.25, 0.3) is 0 Å². The van der Waals surface area contributed by atoms with Crippen molar-refractivity contribution in [1.82, 2.24) is 10.2 Å². The standard InChI is InChI=1S/C16H34N2O/c1-6-7-15-12-18(16(4,5)13-17-15)9-11-19-10-8-14(2)3/h14-15,17H,6-13H2,1-5H3. The first kappa shape index (κ1) is 16.9. The molecule has 0 aliphatic carbocycles. The maximum Gasteiger partial charge on any atom is 0.0593 e. The van der Waals surface area contributed by atoms with Gasteiger partial charge in [-0.2, -0.15) is 0 Å². The van der Waals surface area contributed by atoms with Crippen molar-refractivity contribution in [2.24, 2.45) is 5.92 Å². The zero-order valence-corrected chi connectivity index (χ0v) is 13.7. The Morgan fingerprint density at radius 3 is 2.68 bits per heavy atom. The second-order valence-electron chi connectivity index (χ2n) is 6.92. The molecule has 0 aromatic heterocycles. The lowest BCUT2D eigenvalue weighted by atomic mass is 9.96. The molecule has 1 fully saturated rings. The molecule has 3 nitrogen and oxygen atoms in total. The highest BCUT2D eigenvalue weighted by Crippen LogP contribution is 2.19. The Morgan fingerprint density at radius 2 is 2.05 bits per heavy atom. The van der Waals surface area contributed by atoms with E-state index in [2.05, 4.69) is 44.8 Å². The third-order valence-corrected chi connectivity index (χ3v) is 4.10. The highest BCUT2D eigenvalue weighted by atomic mass is 16.5. The predicted octanol–water partition coefficient (Wildman–Crippen LogP) is 2.90. The van der Waals surface area contributed by atoms with Crippen LogP contribution < -0.4 is 5.32 Å². The molecule has 1 aliphatic heterocycles. The van der Waals surface area contributed by atoms with Crippen LogP contribution in [0.3, 0.4) is 0 Å². The summed E-state index contributed by atoms with van der Waals surface area (Å²) in [6.45, 7) is 16.5. The summed E-state index contributed by atoms with van der Waals surface area (Å²) in [5.41, 5.74) is 0.256. The van der Waals surface area contributed by atoms with Gasteiger partial charge in [0.2, 0.25) is 0 Å². The zero-order valence-electron chi connectivity index (χ0n) is 13.7. The SMILES string of the molecule is CCCC1CN(CCOCCC(C)C)C(C)(C)CN1. The lowest BCUT2D eigenvalue weighted by Crippen LogP contribution is -2.62. The lowest BCUT2D eigenvalue weighted by Gasteiger charge is -2.46. The van der Waals surface area contributed by atoms with Crippen molar-refractivity contribution in [1.29, 1.82) is 0 Å². The number of rotatable bonds is 8. The van der Waals surface area contributed by atoms with Crippen molar-refractivity contribution in [2.45, 2.75) is 65.5 Å². The van der Waals surface area contributed by atoms with E-state index in [0.717, 1.165) is 38.8 Å². The van der Waals surface area contributed by atoms with Crippen molar-refractivity contribution in [3.8, 4) is 0 Å². The fraction of sp³-hybridized carbons (Fsp3) is 1.00. The molecule has 0 aromatic rings. The van der Waals surface area contributed by atoms with Gasteiger partial charge in [-0.25, -0.2) is 0 Å². The van der Waals surface area contributed by atoms with Crippen LogP contribution in [0.4, 0.5) is 0 Å². The molecule has 1 aliphatic rings. The Morgan fingerprint density at radius 1 is 1.32 bits per heavy atom. The molecular formula is C16H34N2O. The van der Waals surface area contributed by atoms with Crippen LogP contribution in [-0.2, 0) is 4.74 Å². The molecule has 1 atom stereocenters. The first-order valence-electron chi connectivity index (χ1n) is 8.02. The zero-order chi connectivity index (χ0) is 14.3. The summed E-state index contributed by atoms with van der Waals surface area (Å²) >= 11 is 0. The average Bonchev–Trinajstić information content (AvgIpc) is 2.32. The molecule has 1 saturated heterocycles. The summed E-state index contributed by atoms with van der Waals surface area (Å²) in [4.78, 5) is 2.60. The maximum absolute atomic E-state index is 5.77. The quantitative estimate of drug-likeness (QED) is 0.686. The lowest BCUT2D eigenvalue weighted by molar-refractivity contribution is 0.0254. The van der Waals surface area contributed by atoms with Crippen LogP contribution in [0.5, 0.6) is 0 Å². The molecule has 114 valence electrons. The number of nitrogens with one attached hydrogen (secondary N) is 1. The second-order valence-corrected chi connectivity index (χ2v) is 6.92. The van der Waals surface area contributed by atoms with Crippen LogP contribution in [0.2, 0.25) is 0 Å². The predicted molar refractivity (Wildman–Crippen MR) is 82.6 cm³/mol. The third kappa shape index (κ3) is 6.24. The molecule has 1 heterocycles. The Bertz CT molecular complexity index is 241. The molecule has 0 amide bonds. The Kier molecular flexibility index (Phi) is 7.33. The number of nitrogens with zero attached hydrogens (tertiary/aromatic N) is 1. The molecule has 0 saturated carbocycles. The Labute approximate surface area is 120 Å². The van der Waals surface area contributed by atoms with Crippen LogP contribution in [0, 0.1) is 5.92 Å². The molecule has 19 heavy (non-hydrogen) atoms. The van der Waals surface area contributed by atoms with E-state index >= 15 is 0 Å². The van der Waals surface area contributed by atoms with E-state index in [9.17, 15) is 0 Å². The van der Waals surface area contributed by atoms with E-state index in [-0.39, 0.29) is 5.54 Å². The highest BCUT2D eigenvalue weighted by Gasteiger charge is 2.32. The second kappa shape index (κ2) is 8.23. The van der Waals surface area contributed by atoms with Gasteiger partial charge in [-0.15, -0.1) is 0 Å². The van der Waals surface area contributed by atoms with Gasteiger partial charge in [0, 0.05) is 37.8 Å². The van der Waals surface area contributed by atoms with E-state index in [0.29, 0.717) is 6.04 Å². The number of piperazine rings is 1. The normalized spacial score (nSPS) is 24.0. The van der Waals surface area contributed by atoms with Crippen molar-refractivity contribution in [3.05, 3.63) is 0 Å². The summed E-state index contributed by atoms with van der Waals surface area (Å²) < 4.78 is 5.77. The van der Waals surface area contributed by atoms with Gasteiger partial charge in [-0.1, -0.05) is 27.2 Å². The van der Waals surface area contributed by atoms with E-state index in [1.54, 1.807) is 0 Å². The van der Waals surface area contributed by atoms with Gasteiger partial charge in [-0.3, -0.25) is 4.90 Å². The minimum Gasteiger partial charge on any atom is -0.380 e. The Balaban J connectivity index is 2.27. The number of hydrogen-bond acceptors (Lipinski definition) is 3. The van der Waals surface area contributed by atoms with Gasteiger partial charge in [-0.05, 0) is 32.6 Å². The van der Waals surface area contributed by atoms with Gasteiger partial charge in [0.15, 0.2) is 0 Å². The molecule has 3 heteroatoms. The smallest absolute Gasteiger partial charge is 0.0593 e. The molecule has 1 unspecified atom stereocenters. The van der Waals surface area contributed by atoms with E-state index in [4.69, 9.17) is 4.74 Å². The summed E-state index contributed by atoms with van der Waals surface area (Å²) in [6.07, 6.45) is 3.71. The molecule has 1 N–H and O–H groups in total. The van der Waals surface area contributed by atoms with Crippen LogP contribution in [0.25, 0.3) is 0 Å². The van der Waals surface area contributed by atoms with Crippen LogP contribution >= 0.6 is 0 Å². The van der Waals surface area contributed by atoms with Gasteiger partial charge in [0.05, 0.1) is 6.61 Å². The number of ether oxygens (including phenoxy) is 1. The summed E-state index contributed by atoms with van der Waals surface area (Å²) in [5, 5.41) is 3.67. The average molecular weight is 270 g/mol. The van der Waals surface area contributed by atoms with E-state index < -0.39 is 0 Å². The summed E-state index contributed by atoms with van der Waals surface area (Å²) in [5.74, 6) is 0.740. The summed E-state index contributed by atoms with van der Waals surface area (Å²) in [6, 6.07) is 0.661. The fourth-order valence-corrected chi connectivity index (χ4v) is 2.62. The monoisotopic (exact) mass is 270 g/mol. The van der Waals surface area contributed by atoms with Crippen molar-refractivity contribution in [3.63, 3.8) is 0 Å².